The van der Waals surface area contributed by atoms with E-state index in [0.29, 0.717) is 17.8 Å². The third-order valence-corrected chi connectivity index (χ3v) is 3.30. The summed E-state index contributed by atoms with van der Waals surface area (Å²) < 4.78 is 27.4. The molecule has 1 aliphatic rings. The van der Waals surface area contributed by atoms with E-state index in [9.17, 15) is 8.78 Å². The molecule has 94 valence electrons. The van der Waals surface area contributed by atoms with Crippen LogP contribution in [0.15, 0.2) is 12.1 Å². The number of anilines is 1. The van der Waals surface area contributed by atoms with Gasteiger partial charge in [-0.25, -0.2) is 8.78 Å². The largest absolute Gasteiger partial charge is 0.364 e. The molecule has 0 aromatic heterocycles. The van der Waals surface area contributed by atoms with Gasteiger partial charge in [-0.05, 0) is 32.4 Å². The predicted octanol–water partition coefficient (Wildman–Crippen LogP) is 2.46. The fraction of sp³-hybridized carbons (Fsp3) is 0.538. The maximum absolute atomic E-state index is 13.9. The van der Waals surface area contributed by atoms with Gasteiger partial charge in [0.2, 0.25) is 0 Å². The Balaban J connectivity index is 2.35. The lowest BCUT2D eigenvalue weighted by molar-refractivity contribution is 0.419. The van der Waals surface area contributed by atoms with E-state index in [0.717, 1.165) is 6.54 Å². The zero-order valence-corrected chi connectivity index (χ0v) is 10.4. The fourth-order valence-corrected chi connectivity index (χ4v) is 2.21. The normalized spacial score (nSPS) is 25.1. The van der Waals surface area contributed by atoms with Crippen LogP contribution in [0.25, 0.3) is 0 Å². The van der Waals surface area contributed by atoms with Gasteiger partial charge in [-0.3, -0.25) is 0 Å². The number of nitrogens with zero attached hydrogens (tertiary/aromatic N) is 1. The third-order valence-electron chi connectivity index (χ3n) is 3.30. The van der Waals surface area contributed by atoms with Gasteiger partial charge in [0.05, 0.1) is 5.69 Å². The molecule has 1 aromatic rings. The molecule has 0 spiro atoms. The Kier molecular flexibility index (Phi) is 3.33. The first-order valence-electron chi connectivity index (χ1n) is 5.94. The van der Waals surface area contributed by atoms with Gasteiger partial charge in [0.1, 0.15) is 11.6 Å². The van der Waals surface area contributed by atoms with E-state index in [1.165, 1.54) is 12.1 Å². The summed E-state index contributed by atoms with van der Waals surface area (Å²) in [6, 6.07) is 3.03. The molecule has 4 heteroatoms. The zero-order valence-electron chi connectivity index (χ0n) is 10.4. The van der Waals surface area contributed by atoms with Crippen molar-refractivity contribution in [3.8, 4) is 0 Å². The number of piperazine rings is 1. The molecule has 1 aromatic carbocycles. The minimum absolute atomic E-state index is 0.169. The molecular formula is C13H18F2N2. The van der Waals surface area contributed by atoms with Gasteiger partial charge in [-0.1, -0.05) is 0 Å². The molecule has 1 heterocycles. The van der Waals surface area contributed by atoms with Crippen LogP contribution in [-0.4, -0.2) is 25.2 Å². The van der Waals surface area contributed by atoms with Crippen molar-refractivity contribution in [2.75, 3.05) is 18.0 Å². The number of aryl methyl sites for hydroxylation is 1. The Morgan fingerprint density at radius 1 is 1.24 bits per heavy atom. The van der Waals surface area contributed by atoms with Crippen LogP contribution < -0.4 is 10.2 Å². The molecule has 2 unspecified atom stereocenters. The highest BCUT2D eigenvalue weighted by Gasteiger charge is 2.25. The monoisotopic (exact) mass is 240 g/mol. The lowest BCUT2D eigenvalue weighted by Gasteiger charge is -2.39. The summed E-state index contributed by atoms with van der Waals surface area (Å²) in [4.78, 5) is 1.93. The average Bonchev–Trinajstić information content (AvgIpc) is 2.27. The predicted molar refractivity (Wildman–Crippen MR) is 65.4 cm³/mol. The molecule has 1 N–H and O–H groups in total. The van der Waals surface area contributed by atoms with Crippen molar-refractivity contribution in [1.82, 2.24) is 5.32 Å². The average molecular weight is 240 g/mol. The highest BCUT2D eigenvalue weighted by atomic mass is 19.1. The lowest BCUT2D eigenvalue weighted by Crippen LogP contribution is -2.54. The van der Waals surface area contributed by atoms with Crippen molar-refractivity contribution in [3.05, 3.63) is 29.3 Å². The molecule has 1 saturated heterocycles. The van der Waals surface area contributed by atoms with Crippen molar-refractivity contribution in [1.29, 1.82) is 0 Å². The summed E-state index contributed by atoms with van der Waals surface area (Å²) in [5, 5.41) is 3.32. The second-order valence-corrected chi connectivity index (χ2v) is 4.86. The van der Waals surface area contributed by atoms with Crippen LogP contribution in [0.2, 0.25) is 0 Å². The van der Waals surface area contributed by atoms with E-state index < -0.39 is 0 Å². The van der Waals surface area contributed by atoms with E-state index in [1.807, 2.05) is 18.7 Å². The van der Waals surface area contributed by atoms with Gasteiger partial charge in [-0.2, -0.15) is 0 Å². The molecule has 0 bridgehead atoms. The SMILES string of the molecule is Cc1cc(F)c(N2CC(C)NCC2C)cc1F. The zero-order chi connectivity index (χ0) is 12.6. The summed E-state index contributed by atoms with van der Waals surface area (Å²) >= 11 is 0. The standard InChI is InChI=1S/C13H18F2N2/c1-8-4-12(15)13(5-11(8)14)17-7-9(2)16-6-10(17)3/h4-5,9-10,16H,6-7H2,1-3H3. The minimum Gasteiger partial charge on any atom is -0.364 e. The van der Waals surface area contributed by atoms with Gasteiger partial charge in [0.25, 0.3) is 0 Å². The van der Waals surface area contributed by atoms with Crippen molar-refractivity contribution in [2.45, 2.75) is 32.9 Å². The highest BCUT2D eigenvalue weighted by Crippen LogP contribution is 2.26. The number of hydrogen-bond donors (Lipinski definition) is 1. The second-order valence-electron chi connectivity index (χ2n) is 4.86. The molecule has 0 aliphatic carbocycles. The Hall–Kier alpha value is -1.16. The Morgan fingerprint density at radius 3 is 2.65 bits per heavy atom. The van der Waals surface area contributed by atoms with Crippen molar-refractivity contribution < 1.29 is 8.78 Å². The molecule has 2 rings (SSSR count). The smallest absolute Gasteiger partial charge is 0.146 e. The van der Waals surface area contributed by atoms with Gasteiger partial charge >= 0.3 is 0 Å². The number of halogens is 2. The third kappa shape index (κ3) is 2.41. The van der Waals surface area contributed by atoms with E-state index in [4.69, 9.17) is 0 Å². The first-order chi connectivity index (χ1) is 7.99. The van der Waals surface area contributed by atoms with Crippen LogP contribution in [0.4, 0.5) is 14.5 Å². The van der Waals surface area contributed by atoms with Gasteiger partial charge in [-0.15, -0.1) is 0 Å². The molecule has 0 radical (unpaired) electrons. The Bertz CT molecular complexity index is 420. The molecule has 2 nitrogen and oxygen atoms in total. The molecule has 17 heavy (non-hydrogen) atoms. The summed E-state index contributed by atoms with van der Waals surface area (Å²) in [6.45, 7) is 7.11. The number of hydrogen-bond acceptors (Lipinski definition) is 2. The van der Waals surface area contributed by atoms with Crippen LogP contribution in [0.1, 0.15) is 19.4 Å². The lowest BCUT2D eigenvalue weighted by atomic mass is 10.1. The van der Waals surface area contributed by atoms with Gasteiger partial charge in [0.15, 0.2) is 0 Å². The molecule has 0 saturated carbocycles. The van der Waals surface area contributed by atoms with Crippen LogP contribution in [0.5, 0.6) is 0 Å². The molecule has 0 amide bonds. The van der Waals surface area contributed by atoms with Crippen LogP contribution in [0, 0.1) is 18.6 Å². The molecular weight excluding hydrogens is 222 g/mol. The fourth-order valence-electron chi connectivity index (χ4n) is 2.21. The van der Waals surface area contributed by atoms with Crippen molar-refractivity contribution in [3.63, 3.8) is 0 Å². The summed E-state index contributed by atoms with van der Waals surface area (Å²) in [7, 11) is 0. The first-order valence-corrected chi connectivity index (χ1v) is 5.94. The van der Waals surface area contributed by atoms with Crippen LogP contribution >= 0.6 is 0 Å². The first kappa shape index (κ1) is 12.3. The second kappa shape index (κ2) is 4.61. The Labute approximate surface area is 101 Å². The van der Waals surface area contributed by atoms with E-state index in [-0.39, 0.29) is 23.7 Å². The number of nitrogens with one attached hydrogen (secondary N) is 1. The summed E-state index contributed by atoms with van der Waals surface area (Å²) in [5.74, 6) is -0.690. The number of benzene rings is 1. The summed E-state index contributed by atoms with van der Waals surface area (Å²) in [5.41, 5.74) is 0.719. The Morgan fingerprint density at radius 2 is 1.94 bits per heavy atom. The topological polar surface area (TPSA) is 15.3 Å². The van der Waals surface area contributed by atoms with E-state index in [2.05, 4.69) is 5.32 Å². The van der Waals surface area contributed by atoms with Gasteiger partial charge in [0, 0.05) is 31.2 Å². The quantitative estimate of drug-likeness (QED) is 0.811. The maximum atomic E-state index is 13.9. The van der Waals surface area contributed by atoms with Crippen molar-refractivity contribution in [2.24, 2.45) is 0 Å². The maximum Gasteiger partial charge on any atom is 0.146 e. The van der Waals surface area contributed by atoms with Gasteiger partial charge < -0.3 is 10.2 Å². The molecule has 1 fully saturated rings. The minimum atomic E-state index is -0.347. The highest BCUT2D eigenvalue weighted by molar-refractivity contribution is 5.51. The number of rotatable bonds is 1. The molecule has 1 aliphatic heterocycles. The van der Waals surface area contributed by atoms with Crippen LogP contribution in [0.3, 0.4) is 0 Å². The van der Waals surface area contributed by atoms with Crippen molar-refractivity contribution >= 4 is 5.69 Å². The van der Waals surface area contributed by atoms with E-state index in [1.54, 1.807) is 6.92 Å². The summed E-state index contributed by atoms with van der Waals surface area (Å²) in [6.07, 6.45) is 0. The van der Waals surface area contributed by atoms with E-state index >= 15 is 0 Å². The van der Waals surface area contributed by atoms with Crippen LogP contribution in [-0.2, 0) is 0 Å². The molecule has 2 atom stereocenters.